The summed E-state index contributed by atoms with van der Waals surface area (Å²) in [5, 5.41) is 0. The van der Waals surface area contributed by atoms with Crippen LogP contribution in [0, 0.1) is 0 Å². The molecule has 0 radical (unpaired) electrons. The first-order valence-corrected chi connectivity index (χ1v) is 6.67. The Labute approximate surface area is 102 Å². The van der Waals surface area contributed by atoms with Crippen molar-refractivity contribution in [3.05, 3.63) is 23.5 Å². The first kappa shape index (κ1) is 10.9. The van der Waals surface area contributed by atoms with Crippen LogP contribution in [0.5, 0.6) is 0 Å². The van der Waals surface area contributed by atoms with E-state index < -0.39 is 0 Å². The van der Waals surface area contributed by atoms with E-state index in [1.807, 2.05) is 0 Å². The molecule has 0 bridgehead atoms. The maximum atomic E-state index is 11.4. The van der Waals surface area contributed by atoms with Gasteiger partial charge in [0.2, 0.25) is 0 Å². The number of esters is 1. The fourth-order valence-electron chi connectivity index (χ4n) is 3.12. The van der Waals surface area contributed by atoms with Crippen molar-refractivity contribution < 1.29 is 9.53 Å². The molecule has 3 heterocycles. The highest BCUT2D eigenvalue weighted by Crippen LogP contribution is 2.38. The Hall–Kier alpha value is -1.25. The van der Waals surface area contributed by atoms with Crippen LogP contribution >= 0.6 is 0 Å². The van der Waals surface area contributed by atoms with Crippen LogP contribution in [0.2, 0.25) is 0 Å². The van der Waals surface area contributed by atoms with Crippen LogP contribution in [-0.4, -0.2) is 16.6 Å². The van der Waals surface area contributed by atoms with Gasteiger partial charge in [0.25, 0.3) is 0 Å². The fraction of sp³-hybridized carbons (Fsp3) is 0.643. The lowest BCUT2D eigenvalue weighted by Gasteiger charge is -2.27. The van der Waals surface area contributed by atoms with Crippen LogP contribution in [0.1, 0.15) is 49.9 Å². The summed E-state index contributed by atoms with van der Waals surface area (Å²) in [7, 11) is 0. The van der Waals surface area contributed by atoms with Gasteiger partial charge in [-0.2, -0.15) is 0 Å². The van der Waals surface area contributed by atoms with Gasteiger partial charge in [-0.05, 0) is 25.0 Å². The first-order valence-electron chi connectivity index (χ1n) is 6.67. The summed E-state index contributed by atoms with van der Waals surface area (Å²) in [5.74, 6) is 0.288. The number of fused-ring (bicyclic) bond motifs is 3. The highest BCUT2D eigenvalue weighted by atomic mass is 16.5. The smallest absolute Gasteiger partial charge is 0.306 e. The van der Waals surface area contributed by atoms with Crippen LogP contribution in [0.15, 0.2) is 12.1 Å². The van der Waals surface area contributed by atoms with Crippen LogP contribution in [-0.2, 0) is 22.5 Å². The molecule has 0 N–H and O–H groups in total. The maximum Gasteiger partial charge on any atom is 0.306 e. The number of aryl methyl sites for hydroxylation is 1. The minimum atomic E-state index is -0.0234. The average Bonchev–Trinajstić information content (AvgIpc) is 2.88. The van der Waals surface area contributed by atoms with Crippen molar-refractivity contribution in [3.63, 3.8) is 0 Å². The van der Waals surface area contributed by atoms with Crippen molar-refractivity contribution in [3.8, 4) is 0 Å². The Morgan fingerprint density at radius 3 is 3.18 bits per heavy atom. The second-order valence-corrected chi connectivity index (χ2v) is 5.13. The average molecular weight is 233 g/mol. The predicted octanol–water partition coefficient (Wildman–Crippen LogP) is 2.63. The number of ether oxygens (including phenoxy) is 1. The third-order valence-electron chi connectivity index (χ3n) is 4.03. The van der Waals surface area contributed by atoms with E-state index in [2.05, 4.69) is 23.6 Å². The standard InChI is InChI=1S/C14H19NO2/c1-2-3-4-10-5-6-12-11-9-14(16)17-13(11)7-8-15(10)12/h5-6,11,13H,2-4,7-9H2,1H3/t11-,13+/m1/s1. The maximum absolute atomic E-state index is 11.4. The molecule has 3 rings (SSSR count). The minimum absolute atomic E-state index is 0.0234. The molecule has 2 aliphatic heterocycles. The summed E-state index contributed by atoms with van der Waals surface area (Å²) >= 11 is 0. The second kappa shape index (κ2) is 4.21. The highest BCUT2D eigenvalue weighted by molar-refractivity contribution is 5.73. The van der Waals surface area contributed by atoms with Gasteiger partial charge < -0.3 is 9.30 Å². The third-order valence-corrected chi connectivity index (χ3v) is 4.03. The quantitative estimate of drug-likeness (QED) is 0.751. The number of hydrogen-bond acceptors (Lipinski definition) is 2. The predicted molar refractivity (Wildman–Crippen MR) is 64.9 cm³/mol. The van der Waals surface area contributed by atoms with Crippen molar-refractivity contribution in [1.82, 2.24) is 4.57 Å². The number of rotatable bonds is 3. The summed E-state index contributed by atoms with van der Waals surface area (Å²) in [6.07, 6.45) is 5.33. The number of carbonyl (C=O) groups is 1. The van der Waals surface area contributed by atoms with E-state index >= 15 is 0 Å². The molecular weight excluding hydrogens is 214 g/mol. The summed E-state index contributed by atoms with van der Waals surface area (Å²) in [6.45, 7) is 3.23. The lowest BCUT2D eigenvalue weighted by molar-refractivity contribution is -0.141. The van der Waals surface area contributed by atoms with Gasteiger partial charge in [0.1, 0.15) is 6.10 Å². The number of nitrogens with zero attached hydrogens (tertiary/aromatic N) is 1. The zero-order valence-corrected chi connectivity index (χ0v) is 10.3. The molecule has 0 spiro atoms. The molecule has 1 saturated heterocycles. The Kier molecular flexibility index (Phi) is 2.69. The molecule has 1 fully saturated rings. The lowest BCUT2D eigenvalue weighted by atomic mass is 9.92. The van der Waals surface area contributed by atoms with E-state index in [1.165, 1.54) is 24.2 Å². The van der Waals surface area contributed by atoms with Crippen molar-refractivity contribution in [2.24, 2.45) is 0 Å². The summed E-state index contributed by atoms with van der Waals surface area (Å²) in [5.41, 5.74) is 2.75. The van der Waals surface area contributed by atoms with Crippen molar-refractivity contribution in [2.45, 2.75) is 57.6 Å². The summed E-state index contributed by atoms with van der Waals surface area (Å²) < 4.78 is 7.78. The fourth-order valence-corrected chi connectivity index (χ4v) is 3.12. The monoisotopic (exact) mass is 233 g/mol. The van der Waals surface area contributed by atoms with Crippen molar-refractivity contribution >= 4 is 5.97 Å². The Morgan fingerprint density at radius 2 is 2.35 bits per heavy atom. The summed E-state index contributed by atoms with van der Waals surface area (Å²) in [6, 6.07) is 4.43. The molecule has 0 amide bonds. The van der Waals surface area contributed by atoms with E-state index in [0.717, 1.165) is 19.4 Å². The van der Waals surface area contributed by atoms with Gasteiger partial charge in [-0.3, -0.25) is 4.79 Å². The third kappa shape index (κ3) is 1.78. The zero-order valence-electron chi connectivity index (χ0n) is 10.3. The molecule has 3 nitrogen and oxygen atoms in total. The van der Waals surface area contributed by atoms with Gasteiger partial charge in [-0.1, -0.05) is 13.3 Å². The van der Waals surface area contributed by atoms with E-state index in [1.54, 1.807) is 0 Å². The molecule has 17 heavy (non-hydrogen) atoms. The van der Waals surface area contributed by atoms with Crippen molar-refractivity contribution in [1.29, 1.82) is 0 Å². The van der Waals surface area contributed by atoms with E-state index in [4.69, 9.17) is 4.74 Å². The Bertz CT molecular complexity index is 435. The molecule has 0 aromatic carbocycles. The molecule has 0 aliphatic carbocycles. The van der Waals surface area contributed by atoms with Gasteiger partial charge in [0.05, 0.1) is 6.42 Å². The number of aromatic nitrogens is 1. The number of hydrogen-bond donors (Lipinski definition) is 0. The topological polar surface area (TPSA) is 31.2 Å². The molecular formula is C14H19NO2. The molecule has 0 saturated carbocycles. The molecule has 1 aromatic rings. The van der Waals surface area contributed by atoms with Crippen LogP contribution in [0.3, 0.4) is 0 Å². The van der Waals surface area contributed by atoms with Gasteiger partial charge in [0, 0.05) is 30.3 Å². The van der Waals surface area contributed by atoms with Gasteiger partial charge in [-0.15, -0.1) is 0 Å². The largest absolute Gasteiger partial charge is 0.462 e. The Morgan fingerprint density at radius 1 is 1.47 bits per heavy atom. The van der Waals surface area contributed by atoms with E-state index in [0.29, 0.717) is 12.3 Å². The van der Waals surface area contributed by atoms with E-state index in [-0.39, 0.29) is 12.1 Å². The molecule has 1 aromatic heterocycles. The zero-order chi connectivity index (χ0) is 11.8. The SMILES string of the molecule is CCCCc1ccc2n1CC[C@@H]1OC(=O)C[C@H]21. The van der Waals surface area contributed by atoms with Gasteiger partial charge in [0.15, 0.2) is 0 Å². The molecule has 92 valence electrons. The van der Waals surface area contributed by atoms with E-state index in [9.17, 15) is 4.79 Å². The lowest BCUT2D eigenvalue weighted by Crippen LogP contribution is -2.26. The number of unbranched alkanes of at least 4 members (excludes halogenated alkanes) is 1. The molecule has 2 atom stereocenters. The van der Waals surface area contributed by atoms with Crippen LogP contribution in [0.25, 0.3) is 0 Å². The number of carbonyl (C=O) groups excluding carboxylic acids is 1. The highest BCUT2D eigenvalue weighted by Gasteiger charge is 2.40. The van der Waals surface area contributed by atoms with Gasteiger partial charge in [-0.25, -0.2) is 0 Å². The summed E-state index contributed by atoms with van der Waals surface area (Å²) in [4.78, 5) is 11.4. The van der Waals surface area contributed by atoms with Crippen LogP contribution in [0.4, 0.5) is 0 Å². The second-order valence-electron chi connectivity index (χ2n) is 5.13. The minimum Gasteiger partial charge on any atom is -0.462 e. The van der Waals surface area contributed by atoms with Gasteiger partial charge >= 0.3 is 5.97 Å². The Balaban J connectivity index is 1.86. The van der Waals surface area contributed by atoms with Crippen molar-refractivity contribution in [2.75, 3.05) is 0 Å². The van der Waals surface area contributed by atoms with Crippen LogP contribution < -0.4 is 0 Å². The molecule has 2 aliphatic rings. The molecule has 3 heteroatoms. The normalized spacial score (nSPS) is 26.5. The first-order chi connectivity index (χ1) is 8.29. The molecule has 0 unspecified atom stereocenters.